The molecule has 2 atom stereocenters. The summed E-state index contributed by atoms with van der Waals surface area (Å²) in [5.41, 5.74) is 0. The van der Waals surface area contributed by atoms with Gasteiger partial charge < -0.3 is 9.53 Å². The van der Waals surface area contributed by atoms with E-state index in [4.69, 9.17) is 10.8 Å². The molecule has 0 aliphatic rings. The molecule has 0 aliphatic heterocycles. The smallest absolute Gasteiger partial charge is 0.193 e. The van der Waals surface area contributed by atoms with Gasteiger partial charge in [0.2, 0.25) is 0 Å². The first-order valence-electron chi connectivity index (χ1n) is 4.94. The topological polar surface area (TPSA) is 29.5 Å². The molecule has 0 bridgehead atoms. The van der Waals surface area contributed by atoms with E-state index in [1.54, 1.807) is 6.92 Å². The van der Waals surface area contributed by atoms with E-state index >= 15 is 0 Å². The van der Waals surface area contributed by atoms with E-state index in [9.17, 15) is 5.11 Å². The van der Waals surface area contributed by atoms with Gasteiger partial charge in [-0.05, 0) is 25.1 Å². The number of hydrogen-bond acceptors (Lipinski definition) is 2. The zero-order valence-electron chi connectivity index (χ0n) is 10.1. The molecule has 0 spiro atoms. The van der Waals surface area contributed by atoms with E-state index < -0.39 is 20.5 Å². The highest BCUT2D eigenvalue weighted by Gasteiger charge is 2.39. The van der Waals surface area contributed by atoms with Crippen LogP contribution in [0, 0.1) is 12.3 Å². The molecule has 2 nitrogen and oxygen atoms in total. The largest absolute Gasteiger partial charge is 0.401 e. The lowest BCUT2D eigenvalue weighted by Crippen LogP contribution is -2.46. The Morgan fingerprint density at radius 3 is 2.00 bits per heavy atom. The van der Waals surface area contributed by atoms with Crippen molar-refractivity contribution in [3.63, 3.8) is 0 Å². The quantitative estimate of drug-likeness (QED) is 0.577. The van der Waals surface area contributed by atoms with Gasteiger partial charge >= 0.3 is 0 Å². The first-order valence-corrected chi connectivity index (χ1v) is 7.84. The lowest BCUT2D eigenvalue weighted by atomic mass is 10.2. The standard InChI is InChI=1S/C11H22O2Si/c1-8-10(9(2)12)13-14(6,7)11(3,4)5/h1,9-10,12H,2-7H3/t9-,10+/m0/s1. The van der Waals surface area contributed by atoms with E-state index in [0.29, 0.717) is 0 Å². The molecule has 14 heavy (non-hydrogen) atoms. The maximum absolute atomic E-state index is 9.40. The van der Waals surface area contributed by atoms with Crippen LogP contribution in [-0.4, -0.2) is 25.6 Å². The summed E-state index contributed by atoms with van der Waals surface area (Å²) < 4.78 is 5.87. The van der Waals surface area contributed by atoms with Crippen LogP contribution >= 0.6 is 0 Å². The van der Waals surface area contributed by atoms with Gasteiger partial charge in [-0.1, -0.05) is 26.7 Å². The minimum atomic E-state index is -1.85. The van der Waals surface area contributed by atoms with Crippen molar-refractivity contribution in [1.82, 2.24) is 0 Å². The van der Waals surface area contributed by atoms with Gasteiger partial charge in [0.05, 0.1) is 6.10 Å². The van der Waals surface area contributed by atoms with Crippen LogP contribution in [0.15, 0.2) is 0 Å². The maximum Gasteiger partial charge on any atom is 0.193 e. The molecule has 0 amide bonds. The molecule has 3 heteroatoms. The molecule has 0 fully saturated rings. The molecule has 0 unspecified atom stereocenters. The normalized spacial score (nSPS) is 17.3. The van der Waals surface area contributed by atoms with Gasteiger partial charge in [0.25, 0.3) is 0 Å². The summed E-state index contributed by atoms with van der Waals surface area (Å²) in [4.78, 5) is 0. The highest BCUT2D eigenvalue weighted by Crippen LogP contribution is 2.37. The Morgan fingerprint density at radius 2 is 1.79 bits per heavy atom. The van der Waals surface area contributed by atoms with Gasteiger partial charge in [-0.2, -0.15) is 0 Å². The molecule has 0 saturated heterocycles. The van der Waals surface area contributed by atoms with Crippen LogP contribution in [0.25, 0.3) is 0 Å². The molecule has 0 radical (unpaired) electrons. The SMILES string of the molecule is C#C[C@@H](O[Si](C)(C)C(C)(C)C)[C@H](C)O. The van der Waals surface area contributed by atoms with Crippen LogP contribution < -0.4 is 0 Å². The first kappa shape index (κ1) is 13.7. The summed E-state index contributed by atoms with van der Waals surface area (Å²) >= 11 is 0. The Balaban J connectivity index is 4.59. The van der Waals surface area contributed by atoms with Crippen molar-refractivity contribution in [3.8, 4) is 12.3 Å². The minimum Gasteiger partial charge on any atom is -0.401 e. The Morgan fingerprint density at radius 1 is 1.36 bits per heavy atom. The third kappa shape index (κ3) is 3.45. The van der Waals surface area contributed by atoms with Crippen molar-refractivity contribution in [3.05, 3.63) is 0 Å². The molecular formula is C11H22O2Si. The average Bonchev–Trinajstić information content (AvgIpc) is 1.97. The predicted molar refractivity (Wildman–Crippen MR) is 62.6 cm³/mol. The van der Waals surface area contributed by atoms with Gasteiger partial charge in [-0.25, -0.2) is 0 Å². The van der Waals surface area contributed by atoms with Crippen molar-refractivity contribution < 1.29 is 9.53 Å². The second-order valence-electron chi connectivity index (χ2n) is 5.21. The predicted octanol–water partition coefficient (Wildman–Crippen LogP) is 2.39. The monoisotopic (exact) mass is 214 g/mol. The van der Waals surface area contributed by atoms with Gasteiger partial charge in [0.1, 0.15) is 6.10 Å². The fraction of sp³-hybridized carbons (Fsp3) is 0.818. The zero-order chi connectivity index (χ0) is 11.6. The van der Waals surface area contributed by atoms with Crippen LogP contribution in [0.1, 0.15) is 27.7 Å². The molecule has 0 aliphatic carbocycles. The molecule has 0 aromatic carbocycles. The Hall–Kier alpha value is -0.303. The summed E-state index contributed by atoms with van der Waals surface area (Å²) in [7, 11) is -1.85. The second-order valence-corrected chi connectivity index (χ2v) is 9.96. The van der Waals surface area contributed by atoms with Crippen LogP contribution in [0.5, 0.6) is 0 Å². The fourth-order valence-corrected chi connectivity index (χ4v) is 2.02. The lowest BCUT2D eigenvalue weighted by Gasteiger charge is -2.38. The summed E-state index contributed by atoms with van der Waals surface area (Å²) in [5, 5.41) is 9.52. The number of terminal acetylenes is 1. The third-order valence-corrected chi connectivity index (χ3v) is 7.29. The molecular weight excluding hydrogens is 192 g/mol. The summed E-state index contributed by atoms with van der Waals surface area (Å²) in [6.45, 7) is 12.4. The summed E-state index contributed by atoms with van der Waals surface area (Å²) in [6, 6.07) is 0. The first-order chi connectivity index (χ1) is 6.12. The molecule has 0 heterocycles. The van der Waals surface area contributed by atoms with Crippen molar-refractivity contribution in [1.29, 1.82) is 0 Å². The van der Waals surface area contributed by atoms with E-state index in [0.717, 1.165) is 0 Å². The number of hydrogen-bond donors (Lipinski definition) is 1. The van der Waals surface area contributed by atoms with Crippen molar-refractivity contribution >= 4 is 8.32 Å². The fourth-order valence-electron chi connectivity index (χ4n) is 0.766. The van der Waals surface area contributed by atoms with Gasteiger partial charge in [-0.3, -0.25) is 0 Å². The highest BCUT2D eigenvalue weighted by molar-refractivity contribution is 6.74. The van der Waals surface area contributed by atoms with Crippen LogP contribution in [-0.2, 0) is 4.43 Å². The van der Waals surface area contributed by atoms with Crippen molar-refractivity contribution in [2.75, 3.05) is 0 Å². The van der Waals surface area contributed by atoms with Crippen LogP contribution in [0.4, 0.5) is 0 Å². The molecule has 82 valence electrons. The van der Waals surface area contributed by atoms with Gasteiger partial charge in [0.15, 0.2) is 8.32 Å². The Labute approximate surface area is 88.8 Å². The Bertz CT molecular complexity index is 220. The summed E-state index contributed by atoms with van der Waals surface area (Å²) in [6.07, 6.45) is 4.23. The highest BCUT2D eigenvalue weighted by atomic mass is 28.4. The van der Waals surface area contributed by atoms with Gasteiger partial charge in [0, 0.05) is 0 Å². The van der Waals surface area contributed by atoms with Crippen LogP contribution in [0.3, 0.4) is 0 Å². The molecule has 0 aromatic rings. The van der Waals surface area contributed by atoms with Crippen molar-refractivity contribution in [2.45, 2.75) is 58.0 Å². The van der Waals surface area contributed by atoms with Crippen LogP contribution in [0.2, 0.25) is 18.1 Å². The molecule has 0 saturated carbocycles. The average molecular weight is 214 g/mol. The number of rotatable bonds is 3. The number of aliphatic hydroxyl groups excluding tert-OH is 1. The molecule has 1 N–H and O–H groups in total. The van der Waals surface area contributed by atoms with E-state index in [1.807, 2.05) is 0 Å². The molecule has 0 aromatic heterocycles. The van der Waals surface area contributed by atoms with E-state index in [1.165, 1.54) is 0 Å². The van der Waals surface area contributed by atoms with E-state index in [2.05, 4.69) is 39.8 Å². The molecule has 0 rings (SSSR count). The van der Waals surface area contributed by atoms with E-state index in [-0.39, 0.29) is 5.04 Å². The minimum absolute atomic E-state index is 0.122. The maximum atomic E-state index is 9.40. The third-order valence-electron chi connectivity index (χ3n) is 2.83. The lowest BCUT2D eigenvalue weighted by molar-refractivity contribution is 0.0743. The zero-order valence-corrected chi connectivity index (χ0v) is 11.1. The Kier molecular flexibility index (Phi) is 4.38. The van der Waals surface area contributed by atoms with Gasteiger partial charge in [-0.15, -0.1) is 6.42 Å². The van der Waals surface area contributed by atoms with Crippen molar-refractivity contribution in [2.24, 2.45) is 0 Å². The summed E-state index contributed by atoms with van der Waals surface area (Å²) in [5.74, 6) is 2.49. The second kappa shape index (κ2) is 4.48. The number of aliphatic hydroxyl groups is 1.